The molecule has 1 saturated heterocycles. The first-order valence-electron chi connectivity index (χ1n) is 13.7. The van der Waals surface area contributed by atoms with Gasteiger partial charge in [-0.3, -0.25) is 4.79 Å². The molecule has 6 rings (SSSR count). The number of carbonyl (C=O) groups excluding carboxylic acids is 1. The second kappa shape index (κ2) is 10.9. The maximum atomic E-state index is 12.0. The molecule has 0 radical (unpaired) electrons. The van der Waals surface area contributed by atoms with Crippen LogP contribution in [-0.4, -0.2) is 60.0 Å². The van der Waals surface area contributed by atoms with Gasteiger partial charge in [-0.2, -0.15) is 0 Å². The van der Waals surface area contributed by atoms with E-state index in [0.29, 0.717) is 17.4 Å². The van der Waals surface area contributed by atoms with Crippen molar-refractivity contribution in [3.05, 3.63) is 67.5 Å². The van der Waals surface area contributed by atoms with Gasteiger partial charge in [0.15, 0.2) is 0 Å². The highest BCUT2D eigenvalue weighted by atomic mass is 16.3. The fourth-order valence-electron chi connectivity index (χ4n) is 5.62. The van der Waals surface area contributed by atoms with Crippen LogP contribution in [0.2, 0.25) is 0 Å². The van der Waals surface area contributed by atoms with Gasteiger partial charge in [-0.05, 0) is 67.9 Å². The monoisotopic (exact) mass is 522 g/mol. The van der Waals surface area contributed by atoms with E-state index in [-0.39, 0.29) is 5.91 Å². The van der Waals surface area contributed by atoms with Crippen molar-refractivity contribution in [2.75, 3.05) is 48.8 Å². The first-order chi connectivity index (χ1) is 19.1. The number of rotatable bonds is 7. The van der Waals surface area contributed by atoms with Gasteiger partial charge < -0.3 is 24.9 Å². The van der Waals surface area contributed by atoms with E-state index in [1.165, 1.54) is 24.6 Å². The van der Waals surface area contributed by atoms with E-state index in [2.05, 4.69) is 68.3 Å². The highest BCUT2D eigenvalue weighted by molar-refractivity contribution is 6.07. The lowest BCUT2D eigenvalue weighted by molar-refractivity contribution is -0.111. The van der Waals surface area contributed by atoms with Gasteiger partial charge in [-0.1, -0.05) is 31.6 Å². The Morgan fingerprint density at radius 3 is 2.54 bits per heavy atom. The molecule has 1 amide bonds. The summed E-state index contributed by atoms with van der Waals surface area (Å²) in [6.07, 6.45) is 7.53. The molecule has 2 aromatic heterocycles. The lowest BCUT2D eigenvalue weighted by atomic mass is 9.98. The summed E-state index contributed by atoms with van der Waals surface area (Å²) in [4.78, 5) is 26.0. The Kier molecular flexibility index (Phi) is 7.02. The number of fused-ring (bicyclic) bond motifs is 1. The van der Waals surface area contributed by atoms with Crippen LogP contribution in [0.5, 0.6) is 0 Å². The third-order valence-electron chi connectivity index (χ3n) is 7.79. The third kappa shape index (κ3) is 5.25. The van der Waals surface area contributed by atoms with Crippen molar-refractivity contribution in [1.82, 2.24) is 14.9 Å². The predicted octanol–water partition coefficient (Wildman–Crippen LogP) is 5.79. The molecule has 200 valence electrons. The van der Waals surface area contributed by atoms with E-state index in [1.54, 1.807) is 6.33 Å². The normalized spacial score (nSPS) is 16.5. The van der Waals surface area contributed by atoms with Crippen molar-refractivity contribution in [2.24, 2.45) is 0 Å². The molecule has 39 heavy (non-hydrogen) atoms. The van der Waals surface area contributed by atoms with Crippen LogP contribution < -0.4 is 15.5 Å². The smallest absolute Gasteiger partial charge is 0.247 e. The van der Waals surface area contributed by atoms with E-state index >= 15 is 0 Å². The number of nitrogens with one attached hydrogen (secondary N) is 2. The van der Waals surface area contributed by atoms with E-state index in [9.17, 15) is 4.79 Å². The molecule has 8 heteroatoms. The number of piperazine rings is 1. The summed E-state index contributed by atoms with van der Waals surface area (Å²) in [5, 5.41) is 7.40. The number of furan rings is 1. The van der Waals surface area contributed by atoms with Crippen molar-refractivity contribution in [3.63, 3.8) is 0 Å². The van der Waals surface area contributed by atoms with Crippen LogP contribution in [0.1, 0.15) is 25.7 Å². The summed E-state index contributed by atoms with van der Waals surface area (Å²) in [6, 6.07) is 16.7. The molecular formula is C31H34N6O2. The zero-order valence-electron chi connectivity index (χ0n) is 22.3. The molecule has 2 fully saturated rings. The molecule has 0 spiro atoms. The number of hydrogen-bond donors (Lipinski definition) is 2. The van der Waals surface area contributed by atoms with Gasteiger partial charge in [0.25, 0.3) is 0 Å². The minimum absolute atomic E-state index is 0.254. The number of likely N-dealkylation sites (N-methyl/N-ethyl adjacent to an activating group) is 1. The Bertz CT molecular complexity index is 1480. The molecule has 0 atom stereocenters. The Hall–Kier alpha value is -4.17. The van der Waals surface area contributed by atoms with Crippen LogP contribution in [0.3, 0.4) is 0 Å². The predicted molar refractivity (Wildman–Crippen MR) is 157 cm³/mol. The molecule has 2 aliphatic rings. The van der Waals surface area contributed by atoms with Crippen LogP contribution in [0, 0.1) is 0 Å². The van der Waals surface area contributed by atoms with Gasteiger partial charge in [0, 0.05) is 54.7 Å². The van der Waals surface area contributed by atoms with Gasteiger partial charge in [0.2, 0.25) is 11.6 Å². The Balaban J connectivity index is 1.45. The molecule has 0 unspecified atom stereocenters. The van der Waals surface area contributed by atoms with E-state index < -0.39 is 0 Å². The average molecular weight is 523 g/mol. The zero-order valence-corrected chi connectivity index (χ0v) is 22.3. The number of benzene rings is 2. The van der Waals surface area contributed by atoms with Gasteiger partial charge >= 0.3 is 0 Å². The maximum Gasteiger partial charge on any atom is 0.247 e. The van der Waals surface area contributed by atoms with Crippen molar-refractivity contribution < 1.29 is 9.21 Å². The SMILES string of the molecule is C=CC(=O)Nc1cccc(-c2c(-c3ccc(N4CCN(C)CC4)cc3)oc3ncnc(NC4CCCC4)c23)c1. The number of hydrogen-bond acceptors (Lipinski definition) is 7. The van der Waals surface area contributed by atoms with Crippen LogP contribution in [0.15, 0.2) is 71.9 Å². The van der Waals surface area contributed by atoms with Gasteiger partial charge in [0.05, 0.1) is 5.39 Å². The molecule has 4 aromatic rings. The quantitative estimate of drug-likeness (QED) is 0.297. The first-order valence-corrected chi connectivity index (χ1v) is 13.7. The molecule has 1 saturated carbocycles. The standard InChI is InChI=1S/C31H34N6O2/c1-3-26(38)34-24-10-6-7-22(19-24)27-28-30(35-23-8-4-5-9-23)32-20-33-31(28)39-29(27)21-11-13-25(14-12-21)37-17-15-36(2)16-18-37/h3,6-7,10-14,19-20,23H,1,4-5,8-9,15-18H2,2H3,(H,34,38)(H,32,33,35). The molecule has 2 aromatic carbocycles. The number of anilines is 3. The third-order valence-corrected chi connectivity index (χ3v) is 7.79. The summed E-state index contributed by atoms with van der Waals surface area (Å²) in [6.45, 7) is 7.72. The van der Waals surface area contributed by atoms with E-state index in [4.69, 9.17) is 4.42 Å². The van der Waals surface area contributed by atoms with Crippen LogP contribution in [-0.2, 0) is 4.79 Å². The van der Waals surface area contributed by atoms with E-state index in [0.717, 1.165) is 72.7 Å². The molecule has 1 aliphatic carbocycles. The lowest BCUT2D eigenvalue weighted by Gasteiger charge is -2.34. The summed E-state index contributed by atoms with van der Waals surface area (Å²) in [5.74, 6) is 1.26. The molecular weight excluding hydrogens is 488 g/mol. The number of aromatic nitrogens is 2. The van der Waals surface area contributed by atoms with Gasteiger partial charge in [-0.25, -0.2) is 9.97 Å². The van der Waals surface area contributed by atoms with Crippen LogP contribution in [0.25, 0.3) is 33.6 Å². The molecule has 2 N–H and O–H groups in total. The second-order valence-corrected chi connectivity index (χ2v) is 10.4. The Morgan fingerprint density at radius 2 is 1.79 bits per heavy atom. The molecule has 0 bridgehead atoms. The minimum Gasteiger partial charge on any atom is -0.437 e. The zero-order chi connectivity index (χ0) is 26.8. The first kappa shape index (κ1) is 25.1. The van der Waals surface area contributed by atoms with Crippen LogP contribution in [0.4, 0.5) is 17.2 Å². The van der Waals surface area contributed by atoms with Gasteiger partial charge in [0.1, 0.15) is 17.9 Å². The van der Waals surface area contributed by atoms with E-state index in [1.807, 2.05) is 24.3 Å². The van der Waals surface area contributed by atoms with Crippen molar-refractivity contribution >= 4 is 34.2 Å². The lowest BCUT2D eigenvalue weighted by Crippen LogP contribution is -2.44. The largest absolute Gasteiger partial charge is 0.437 e. The summed E-state index contributed by atoms with van der Waals surface area (Å²) in [5.41, 5.74) is 5.23. The fraction of sp³-hybridized carbons (Fsp3) is 0.323. The van der Waals surface area contributed by atoms with Crippen molar-refractivity contribution in [3.8, 4) is 22.5 Å². The highest BCUT2D eigenvalue weighted by Crippen LogP contribution is 2.44. The molecule has 1 aliphatic heterocycles. The number of amides is 1. The minimum atomic E-state index is -0.254. The number of nitrogens with zero attached hydrogens (tertiary/aromatic N) is 4. The Labute approximate surface area is 228 Å². The summed E-state index contributed by atoms with van der Waals surface area (Å²) in [7, 11) is 2.17. The Morgan fingerprint density at radius 1 is 1.03 bits per heavy atom. The average Bonchev–Trinajstić information content (AvgIpc) is 3.62. The van der Waals surface area contributed by atoms with Gasteiger partial charge in [-0.15, -0.1) is 0 Å². The summed E-state index contributed by atoms with van der Waals surface area (Å²) >= 11 is 0. The number of carbonyl (C=O) groups is 1. The van der Waals surface area contributed by atoms with Crippen molar-refractivity contribution in [2.45, 2.75) is 31.7 Å². The second-order valence-electron chi connectivity index (χ2n) is 10.4. The highest BCUT2D eigenvalue weighted by Gasteiger charge is 2.25. The fourth-order valence-corrected chi connectivity index (χ4v) is 5.62. The maximum absolute atomic E-state index is 12.0. The molecule has 8 nitrogen and oxygen atoms in total. The van der Waals surface area contributed by atoms with Crippen molar-refractivity contribution in [1.29, 1.82) is 0 Å². The van der Waals surface area contributed by atoms with Crippen LogP contribution >= 0.6 is 0 Å². The molecule has 3 heterocycles. The summed E-state index contributed by atoms with van der Waals surface area (Å²) < 4.78 is 6.47. The topological polar surface area (TPSA) is 86.5 Å².